The summed E-state index contributed by atoms with van der Waals surface area (Å²) in [4.78, 5) is 2.73. The second-order valence-corrected chi connectivity index (χ2v) is 13.4. The highest BCUT2D eigenvalue weighted by molar-refractivity contribution is 4.88. The van der Waals surface area contributed by atoms with E-state index >= 15 is 0 Å². The summed E-state index contributed by atoms with van der Waals surface area (Å²) in [7, 11) is 0. The van der Waals surface area contributed by atoms with Crippen LogP contribution in [0.1, 0.15) is 207 Å². The zero-order chi connectivity index (χ0) is 30.6. The van der Waals surface area contributed by atoms with E-state index in [1.807, 2.05) is 0 Å². The molecular formula is C41H79N. The highest BCUT2D eigenvalue weighted by Crippen LogP contribution is 2.13. The maximum Gasteiger partial charge on any atom is 0.00184 e. The van der Waals surface area contributed by atoms with E-state index in [0.29, 0.717) is 0 Å². The van der Waals surface area contributed by atoms with Gasteiger partial charge in [-0.05, 0) is 90.6 Å². The minimum atomic E-state index is 1.17. The van der Waals surface area contributed by atoms with Crippen molar-refractivity contribution in [1.82, 2.24) is 4.90 Å². The quantitative estimate of drug-likeness (QED) is 0.0528. The van der Waals surface area contributed by atoms with E-state index in [-0.39, 0.29) is 0 Å². The van der Waals surface area contributed by atoms with Gasteiger partial charge in [0.2, 0.25) is 0 Å². The van der Waals surface area contributed by atoms with Gasteiger partial charge in [-0.15, -0.1) is 6.58 Å². The predicted octanol–water partition coefficient (Wildman–Crippen LogP) is 14.3. The van der Waals surface area contributed by atoms with Crippen molar-refractivity contribution in [3.05, 3.63) is 36.5 Å². The van der Waals surface area contributed by atoms with Gasteiger partial charge in [0.15, 0.2) is 0 Å². The molecule has 0 radical (unpaired) electrons. The number of nitrogens with zero attached hydrogens (tertiary/aromatic N) is 1. The van der Waals surface area contributed by atoms with Crippen LogP contribution in [0, 0.1) is 0 Å². The predicted molar refractivity (Wildman–Crippen MR) is 195 cm³/mol. The molecule has 1 heteroatoms. The Morgan fingerprint density at radius 2 is 0.690 bits per heavy atom. The standard InChI is InChI=1S/C41H79N/c1-5-7-9-11-13-15-17-19-21-23-25-27-29-31-33-35-38-42(40-37-41(3)4)39-36-34-32-30-28-26-24-22-20-18-16-14-12-10-8-6-2/h19-22H,3,5-18,23-40H2,1-2,4H3/b21-19-,22-20-. The molecule has 0 bridgehead atoms. The molecule has 0 aromatic heterocycles. The lowest BCUT2D eigenvalue weighted by Crippen LogP contribution is -2.27. The molecule has 0 aromatic carbocycles. The van der Waals surface area contributed by atoms with Crippen LogP contribution < -0.4 is 0 Å². The van der Waals surface area contributed by atoms with Crippen LogP contribution in [0.4, 0.5) is 0 Å². The minimum Gasteiger partial charge on any atom is -0.303 e. The Kier molecular flexibility index (Phi) is 35.7. The second-order valence-electron chi connectivity index (χ2n) is 13.4. The summed E-state index contributed by atoms with van der Waals surface area (Å²) in [6.45, 7) is 14.7. The van der Waals surface area contributed by atoms with Gasteiger partial charge in [0.1, 0.15) is 0 Å². The summed E-state index contributed by atoms with van der Waals surface area (Å²) in [5, 5.41) is 0. The molecule has 0 aromatic rings. The van der Waals surface area contributed by atoms with Gasteiger partial charge >= 0.3 is 0 Å². The Morgan fingerprint density at radius 3 is 1.00 bits per heavy atom. The fraction of sp³-hybridized carbons (Fsp3) is 0.854. The van der Waals surface area contributed by atoms with Crippen LogP contribution in [0.2, 0.25) is 0 Å². The first kappa shape index (κ1) is 41.2. The van der Waals surface area contributed by atoms with Gasteiger partial charge in [-0.3, -0.25) is 0 Å². The Morgan fingerprint density at radius 1 is 0.405 bits per heavy atom. The van der Waals surface area contributed by atoms with Crippen LogP contribution in [-0.4, -0.2) is 24.5 Å². The molecule has 42 heavy (non-hydrogen) atoms. The number of unbranched alkanes of at least 4 members (excludes halogenated alkanes) is 24. The lowest BCUT2D eigenvalue weighted by atomic mass is 10.1. The zero-order valence-corrected chi connectivity index (χ0v) is 29.6. The molecule has 1 nitrogen and oxygen atoms in total. The Bertz CT molecular complexity index is 531. The molecule has 0 saturated carbocycles. The molecule has 0 fully saturated rings. The summed E-state index contributed by atoms with van der Waals surface area (Å²) < 4.78 is 0. The fourth-order valence-corrected chi connectivity index (χ4v) is 5.85. The highest BCUT2D eigenvalue weighted by atomic mass is 15.1. The molecule has 0 heterocycles. The van der Waals surface area contributed by atoms with Crippen molar-refractivity contribution in [3.63, 3.8) is 0 Å². The molecular weight excluding hydrogens is 506 g/mol. The third-order valence-corrected chi connectivity index (χ3v) is 8.83. The van der Waals surface area contributed by atoms with Gasteiger partial charge in [0.05, 0.1) is 0 Å². The van der Waals surface area contributed by atoms with E-state index in [4.69, 9.17) is 0 Å². The van der Waals surface area contributed by atoms with Gasteiger partial charge < -0.3 is 4.90 Å². The zero-order valence-electron chi connectivity index (χ0n) is 29.6. The Hall–Kier alpha value is -0.820. The van der Waals surface area contributed by atoms with Crippen LogP contribution in [0.25, 0.3) is 0 Å². The number of hydrogen-bond donors (Lipinski definition) is 0. The molecule has 0 atom stereocenters. The normalized spacial score (nSPS) is 12.0. The van der Waals surface area contributed by atoms with Crippen molar-refractivity contribution >= 4 is 0 Å². The third-order valence-electron chi connectivity index (χ3n) is 8.83. The van der Waals surface area contributed by atoms with Crippen molar-refractivity contribution in [1.29, 1.82) is 0 Å². The first-order valence-electron chi connectivity index (χ1n) is 19.4. The molecule has 0 aliphatic carbocycles. The monoisotopic (exact) mass is 586 g/mol. The molecule has 0 rings (SSSR count). The van der Waals surface area contributed by atoms with Gasteiger partial charge in [-0.25, -0.2) is 0 Å². The van der Waals surface area contributed by atoms with Gasteiger partial charge in [-0.1, -0.05) is 159 Å². The number of allylic oxidation sites excluding steroid dienone is 4. The molecule has 0 saturated heterocycles. The summed E-state index contributed by atoms with van der Waals surface area (Å²) >= 11 is 0. The first-order chi connectivity index (χ1) is 20.7. The van der Waals surface area contributed by atoms with Crippen molar-refractivity contribution < 1.29 is 0 Å². The minimum absolute atomic E-state index is 1.17. The van der Waals surface area contributed by atoms with Gasteiger partial charge in [-0.2, -0.15) is 0 Å². The third kappa shape index (κ3) is 35.4. The average Bonchev–Trinajstić information content (AvgIpc) is 2.98. The van der Waals surface area contributed by atoms with Gasteiger partial charge in [0.25, 0.3) is 0 Å². The molecule has 0 aliphatic rings. The van der Waals surface area contributed by atoms with E-state index in [1.165, 1.54) is 211 Å². The van der Waals surface area contributed by atoms with E-state index in [2.05, 4.69) is 56.6 Å². The summed E-state index contributed by atoms with van der Waals surface area (Å²) in [5.74, 6) is 0. The van der Waals surface area contributed by atoms with E-state index in [1.54, 1.807) is 0 Å². The van der Waals surface area contributed by atoms with E-state index < -0.39 is 0 Å². The van der Waals surface area contributed by atoms with Crippen molar-refractivity contribution in [2.45, 2.75) is 207 Å². The second kappa shape index (κ2) is 36.4. The topological polar surface area (TPSA) is 3.24 Å². The van der Waals surface area contributed by atoms with Crippen LogP contribution in [0.3, 0.4) is 0 Å². The Balaban J connectivity index is 3.64. The fourth-order valence-electron chi connectivity index (χ4n) is 5.85. The summed E-state index contributed by atoms with van der Waals surface area (Å²) in [5.41, 5.74) is 1.34. The summed E-state index contributed by atoms with van der Waals surface area (Å²) in [6, 6.07) is 0. The van der Waals surface area contributed by atoms with Crippen LogP contribution >= 0.6 is 0 Å². The van der Waals surface area contributed by atoms with E-state index in [0.717, 1.165) is 0 Å². The smallest absolute Gasteiger partial charge is 0.00184 e. The number of rotatable bonds is 35. The van der Waals surface area contributed by atoms with E-state index in [9.17, 15) is 0 Å². The summed E-state index contributed by atoms with van der Waals surface area (Å²) in [6.07, 6.45) is 49.9. The van der Waals surface area contributed by atoms with Gasteiger partial charge in [0, 0.05) is 6.54 Å². The number of hydrogen-bond acceptors (Lipinski definition) is 1. The molecule has 0 aliphatic heterocycles. The first-order valence-corrected chi connectivity index (χ1v) is 19.4. The van der Waals surface area contributed by atoms with Crippen LogP contribution in [0.15, 0.2) is 36.5 Å². The largest absolute Gasteiger partial charge is 0.303 e. The average molecular weight is 586 g/mol. The SMILES string of the molecule is C=C(C)CCN(CCCCCCCC/C=C\CCCCCCCC)CCCCCCCC/C=C\CCCCCCCC. The highest BCUT2D eigenvalue weighted by Gasteiger charge is 2.05. The van der Waals surface area contributed by atoms with Crippen molar-refractivity contribution in [2.24, 2.45) is 0 Å². The van der Waals surface area contributed by atoms with Crippen LogP contribution in [-0.2, 0) is 0 Å². The lowest BCUT2D eigenvalue weighted by molar-refractivity contribution is 0.263. The molecule has 0 amide bonds. The molecule has 0 unspecified atom stereocenters. The molecule has 0 N–H and O–H groups in total. The lowest BCUT2D eigenvalue weighted by Gasteiger charge is -2.22. The van der Waals surface area contributed by atoms with Crippen LogP contribution in [0.5, 0.6) is 0 Å². The maximum atomic E-state index is 4.15. The van der Waals surface area contributed by atoms with Crippen molar-refractivity contribution in [2.75, 3.05) is 19.6 Å². The molecule has 0 spiro atoms. The maximum absolute atomic E-state index is 4.15. The Labute approximate surface area is 267 Å². The molecule has 248 valence electrons. The van der Waals surface area contributed by atoms with Crippen molar-refractivity contribution in [3.8, 4) is 0 Å².